The summed E-state index contributed by atoms with van der Waals surface area (Å²) in [6.07, 6.45) is 0. The van der Waals surface area contributed by atoms with Gasteiger partial charge in [-0.3, -0.25) is 0 Å². The van der Waals surface area contributed by atoms with E-state index < -0.39 is 0 Å². The van der Waals surface area contributed by atoms with Crippen LogP contribution in [0.15, 0.2) is 21.0 Å². The molecule has 0 aliphatic carbocycles. The summed E-state index contributed by atoms with van der Waals surface area (Å²) in [6, 6.07) is 4.22. The summed E-state index contributed by atoms with van der Waals surface area (Å²) in [5.41, 5.74) is 1.92. The van der Waals surface area contributed by atoms with Crippen molar-refractivity contribution in [2.75, 3.05) is 0 Å². The molecule has 0 bridgehead atoms. The van der Waals surface area contributed by atoms with E-state index in [-0.39, 0.29) is 0 Å². The van der Waals surface area contributed by atoms with E-state index in [9.17, 15) is 0 Å². The Morgan fingerprint density at radius 1 is 0.923 bits per heavy atom. The molecule has 3 rings (SSSR count). The van der Waals surface area contributed by atoms with Crippen LogP contribution in [0.4, 0.5) is 0 Å². The molecular formula is C10H8O2Se. The Morgan fingerprint density at radius 3 is 1.85 bits per heavy atom. The predicted octanol–water partition coefficient (Wildman–Crippen LogP) is 2.85. The number of aryl methyl sites for hydroxylation is 2. The number of hydrogen-bond acceptors (Lipinski definition) is 2. The topological polar surface area (TPSA) is 26.3 Å². The maximum absolute atomic E-state index is 5.59. The standard InChI is InChI=1S/C10H8O2Se/c1-5-3-7-9(11-5)10-8(13-7)4-6(2)12-10/h3-4H,1-2H3. The monoisotopic (exact) mass is 240 g/mol. The summed E-state index contributed by atoms with van der Waals surface area (Å²) in [5.74, 6) is 1.96. The number of hydrogen-bond donors (Lipinski definition) is 0. The van der Waals surface area contributed by atoms with E-state index in [0.29, 0.717) is 14.5 Å². The molecule has 0 N–H and O–H groups in total. The van der Waals surface area contributed by atoms with Gasteiger partial charge in [0.05, 0.1) is 0 Å². The minimum atomic E-state index is 0.389. The first kappa shape index (κ1) is 7.48. The summed E-state index contributed by atoms with van der Waals surface area (Å²) in [6.45, 7) is 3.95. The molecular weight excluding hydrogens is 231 g/mol. The van der Waals surface area contributed by atoms with E-state index >= 15 is 0 Å². The van der Waals surface area contributed by atoms with E-state index in [2.05, 4.69) is 12.1 Å². The van der Waals surface area contributed by atoms with Gasteiger partial charge in [0.15, 0.2) is 0 Å². The molecule has 66 valence electrons. The van der Waals surface area contributed by atoms with Gasteiger partial charge in [-0.1, -0.05) is 0 Å². The molecule has 3 heterocycles. The van der Waals surface area contributed by atoms with E-state index in [1.165, 1.54) is 8.52 Å². The van der Waals surface area contributed by atoms with Crippen molar-refractivity contribution in [3.05, 3.63) is 23.7 Å². The zero-order valence-corrected chi connectivity index (χ0v) is 9.09. The van der Waals surface area contributed by atoms with Gasteiger partial charge in [0.25, 0.3) is 0 Å². The molecule has 0 radical (unpaired) electrons. The fraction of sp³-hybridized carbons (Fsp3) is 0.200. The third kappa shape index (κ3) is 0.946. The molecule has 0 saturated carbocycles. The third-order valence-electron chi connectivity index (χ3n) is 2.07. The van der Waals surface area contributed by atoms with Crippen LogP contribution < -0.4 is 0 Å². The molecule has 0 spiro atoms. The van der Waals surface area contributed by atoms with Crippen molar-refractivity contribution < 1.29 is 8.83 Å². The predicted molar refractivity (Wildman–Crippen MR) is 52.4 cm³/mol. The third-order valence-corrected chi connectivity index (χ3v) is 4.26. The molecule has 3 heteroatoms. The fourth-order valence-corrected chi connectivity index (χ4v) is 3.96. The van der Waals surface area contributed by atoms with Crippen molar-refractivity contribution in [2.24, 2.45) is 0 Å². The van der Waals surface area contributed by atoms with Crippen LogP contribution in [0.5, 0.6) is 0 Å². The van der Waals surface area contributed by atoms with Crippen LogP contribution in [0.2, 0.25) is 0 Å². The quantitative estimate of drug-likeness (QED) is 0.564. The second-order valence-electron chi connectivity index (χ2n) is 3.20. The average Bonchev–Trinajstić information content (AvgIpc) is 2.60. The Kier molecular flexibility index (Phi) is 1.33. The zero-order valence-electron chi connectivity index (χ0n) is 7.38. The van der Waals surface area contributed by atoms with E-state index in [0.717, 1.165) is 22.7 Å². The Labute approximate surface area is 80.9 Å². The van der Waals surface area contributed by atoms with Crippen molar-refractivity contribution in [3.63, 3.8) is 0 Å². The van der Waals surface area contributed by atoms with Crippen molar-refractivity contribution in [2.45, 2.75) is 13.8 Å². The summed E-state index contributed by atoms with van der Waals surface area (Å²) < 4.78 is 13.8. The summed E-state index contributed by atoms with van der Waals surface area (Å²) >= 11 is 0.389. The second-order valence-corrected chi connectivity index (χ2v) is 5.48. The maximum atomic E-state index is 5.59. The van der Waals surface area contributed by atoms with Crippen LogP contribution >= 0.6 is 0 Å². The van der Waals surface area contributed by atoms with Crippen LogP contribution in [0.1, 0.15) is 11.5 Å². The molecule has 0 unspecified atom stereocenters. The van der Waals surface area contributed by atoms with Crippen molar-refractivity contribution >= 4 is 34.2 Å². The molecule has 0 atom stereocenters. The minimum absolute atomic E-state index is 0.389. The molecule has 3 aromatic rings. The molecule has 0 aliphatic heterocycles. The first-order chi connectivity index (χ1) is 6.24. The Hall–Kier alpha value is -0.921. The van der Waals surface area contributed by atoms with Crippen molar-refractivity contribution in [1.29, 1.82) is 0 Å². The molecule has 0 aliphatic rings. The van der Waals surface area contributed by atoms with Gasteiger partial charge in [0.2, 0.25) is 0 Å². The average molecular weight is 239 g/mol. The SMILES string of the molecule is Cc1cc2[se]c3cc(C)oc3c2o1. The molecule has 0 fully saturated rings. The number of rotatable bonds is 0. The van der Waals surface area contributed by atoms with E-state index in [1.807, 2.05) is 13.8 Å². The van der Waals surface area contributed by atoms with Crippen molar-refractivity contribution in [1.82, 2.24) is 0 Å². The van der Waals surface area contributed by atoms with Gasteiger partial charge < -0.3 is 0 Å². The number of fused-ring (bicyclic) bond motifs is 3. The Bertz CT molecular complexity index is 531. The van der Waals surface area contributed by atoms with Crippen LogP contribution in [0, 0.1) is 13.8 Å². The first-order valence-electron chi connectivity index (χ1n) is 4.13. The van der Waals surface area contributed by atoms with Crippen LogP contribution in [0.3, 0.4) is 0 Å². The molecule has 13 heavy (non-hydrogen) atoms. The summed E-state index contributed by atoms with van der Waals surface area (Å²) in [5, 5.41) is 0. The Morgan fingerprint density at radius 2 is 1.38 bits per heavy atom. The van der Waals surface area contributed by atoms with Gasteiger partial charge in [0, 0.05) is 0 Å². The van der Waals surface area contributed by atoms with Crippen LogP contribution in [-0.2, 0) is 0 Å². The van der Waals surface area contributed by atoms with E-state index in [4.69, 9.17) is 8.83 Å². The van der Waals surface area contributed by atoms with E-state index in [1.54, 1.807) is 0 Å². The van der Waals surface area contributed by atoms with Crippen LogP contribution in [0.25, 0.3) is 19.7 Å². The van der Waals surface area contributed by atoms with Gasteiger partial charge in [-0.05, 0) is 0 Å². The van der Waals surface area contributed by atoms with Crippen LogP contribution in [-0.4, -0.2) is 14.5 Å². The first-order valence-corrected chi connectivity index (χ1v) is 5.84. The molecule has 2 nitrogen and oxygen atoms in total. The molecule has 0 amide bonds. The molecule has 0 aromatic carbocycles. The van der Waals surface area contributed by atoms with Gasteiger partial charge in [0.1, 0.15) is 0 Å². The second kappa shape index (κ2) is 2.31. The van der Waals surface area contributed by atoms with Gasteiger partial charge in [-0.25, -0.2) is 0 Å². The molecule has 0 saturated heterocycles. The van der Waals surface area contributed by atoms with Gasteiger partial charge in [-0.2, -0.15) is 0 Å². The van der Waals surface area contributed by atoms with Gasteiger partial charge in [-0.15, -0.1) is 0 Å². The molecule has 3 aromatic heterocycles. The number of furan rings is 2. The Balaban J connectivity index is 2.56. The normalized spacial score (nSPS) is 11.8. The zero-order chi connectivity index (χ0) is 9.00. The summed E-state index contributed by atoms with van der Waals surface area (Å²) in [4.78, 5) is 0. The van der Waals surface area contributed by atoms with Gasteiger partial charge >= 0.3 is 80.5 Å². The van der Waals surface area contributed by atoms with Crippen molar-refractivity contribution in [3.8, 4) is 0 Å². The summed E-state index contributed by atoms with van der Waals surface area (Å²) in [7, 11) is 0. The fourth-order valence-electron chi connectivity index (χ4n) is 1.57.